The lowest BCUT2D eigenvalue weighted by molar-refractivity contribution is -0.387. The number of nitro groups is 1. The smallest absolute Gasteiger partial charge is 0.304 e. The summed E-state index contributed by atoms with van der Waals surface area (Å²) < 4.78 is 38.9. The summed E-state index contributed by atoms with van der Waals surface area (Å²) in [5.74, 6) is -1.29. The quantitative estimate of drug-likeness (QED) is 0.491. The van der Waals surface area contributed by atoms with Gasteiger partial charge in [0, 0.05) is 18.7 Å². The van der Waals surface area contributed by atoms with E-state index in [0.717, 1.165) is 12.1 Å². The summed E-state index contributed by atoms with van der Waals surface area (Å²) in [6.07, 6.45) is 0. The standard InChI is InChI=1S/C10H13FN2O6S/c1-10(15,6-14)5-12-20(18,19)7-2-3-9(13(16)17)8(11)4-7/h2-4,12,14-15H,5-6H2,1H3. The summed E-state index contributed by atoms with van der Waals surface area (Å²) in [5.41, 5.74) is -2.52. The van der Waals surface area contributed by atoms with Crippen LogP contribution in [-0.4, -0.2) is 42.3 Å². The molecule has 1 unspecified atom stereocenters. The molecule has 0 heterocycles. The van der Waals surface area contributed by atoms with Gasteiger partial charge in [-0.25, -0.2) is 13.1 Å². The van der Waals surface area contributed by atoms with Gasteiger partial charge in [-0.05, 0) is 13.0 Å². The Hall–Kier alpha value is -1.62. The van der Waals surface area contributed by atoms with Crippen LogP contribution in [0.2, 0.25) is 0 Å². The molecule has 0 saturated heterocycles. The minimum Gasteiger partial charge on any atom is -0.393 e. The van der Waals surface area contributed by atoms with E-state index in [-0.39, 0.29) is 0 Å². The van der Waals surface area contributed by atoms with Gasteiger partial charge in [-0.2, -0.15) is 4.39 Å². The van der Waals surface area contributed by atoms with E-state index >= 15 is 0 Å². The number of rotatable bonds is 6. The Kier molecular flexibility index (Phi) is 4.76. The molecule has 1 aromatic carbocycles. The highest BCUT2D eigenvalue weighted by atomic mass is 32.2. The van der Waals surface area contributed by atoms with E-state index in [9.17, 15) is 28.0 Å². The van der Waals surface area contributed by atoms with Crippen molar-refractivity contribution in [1.29, 1.82) is 0 Å². The van der Waals surface area contributed by atoms with Crippen molar-refractivity contribution < 1.29 is 27.9 Å². The van der Waals surface area contributed by atoms with E-state index in [2.05, 4.69) is 0 Å². The van der Waals surface area contributed by atoms with Crippen LogP contribution >= 0.6 is 0 Å². The molecule has 0 aliphatic carbocycles. The summed E-state index contributed by atoms with van der Waals surface area (Å²) in [6, 6.07) is 2.11. The maximum absolute atomic E-state index is 13.3. The Labute approximate surface area is 114 Å². The van der Waals surface area contributed by atoms with Gasteiger partial charge < -0.3 is 10.2 Å². The number of aliphatic hydroxyl groups excluding tert-OH is 1. The first kappa shape index (κ1) is 16.4. The van der Waals surface area contributed by atoms with Gasteiger partial charge in [0.15, 0.2) is 0 Å². The molecule has 0 spiro atoms. The minimum atomic E-state index is -4.15. The number of benzene rings is 1. The van der Waals surface area contributed by atoms with Crippen LogP contribution < -0.4 is 4.72 Å². The van der Waals surface area contributed by atoms with Crippen LogP contribution in [0.4, 0.5) is 10.1 Å². The van der Waals surface area contributed by atoms with Gasteiger partial charge in [0.2, 0.25) is 15.8 Å². The largest absolute Gasteiger partial charge is 0.393 e. The summed E-state index contributed by atoms with van der Waals surface area (Å²) in [5, 5.41) is 28.7. The summed E-state index contributed by atoms with van der Waals surface area (Å²) in [7, 11) is -4.15. The van der Waals surface area contributed by atoms with Crippen molar-refractivity contribution in [2.24, 2.45) is 0 Å². The topological polar surface area (TPSA) is 130 Å². The highest BCUT2D eigenvalue weighted by molar-refractivity contribution is 7.89. The summed E-state index contributed by atoms with van der Waals surface area (Å²) in [6.45, 7) is 0.0283. The van der Waals surface area contributed by atoms with Gasteiger partial charge in [-0.15, -0.1) is 0 Å². The molecule has 0 aliphatic rings. The van der Waals surface area contributed by atoms with Crippen LogP contribution in [-0.2, 0) is 10.0 Å². The Balaban J connectivity index is 2.99. The fraction of sp³-hybridized carbons (Fsp3) is 0.400. The Morgan fingerprint density at radius 2 is 2.10 bits per heavy atom. The van der Waals surface area contributed by atoms with E-state index in [4.69, 9.17) is 5.11 Å². The average molecular weight is 308 g/mol. The van der Waals surface area contributed by atoms with E-state index in [1.54, 1.807) is 0 Å². The summed E-state index contributed by atoms with van der Waals surface area (Å²) in [4.78, 5) is 8.92. The molecular formula is C10H13FN2O6S. The first-order valence-corrected chi connectivity index (χ1v) is 6.84. The molecule has 8 nitrogen and oxygen atoms in total. The second kappa shape index (κ2) is 5.79. The predicted octanol–water partition coefficient (Wildman–Crippen LogP) is -0.245. The van der Waals surface area contributed by atoms with Gasteiger partial charge in [0.1, 0.15) is 0 Å². The Morgan fingerprint density at radius 3 is 2.55 bits per heavy atom. The zero-order chi connectivity index (χ0) is 15.6. The SMILES string of the molecule is CC(O)(CO)CNS(=O)(=O)c1ccc([N+](=O)[O-])c(F)c1. The molecule has 10 heteroatoms. The molecule has 3 N–H and O–H groups in total. The zero-order valence-electron chi connectivity index (χ0n) is 10.4. The van der Waals surface area contributed by atoms with E-state index in [1.807, 2.05) is 4.72 Å². The highest BCUT2D eigenvalue weighted by Crippen LogP contribution is 2.20. The molecule has 0 aliphatic heterocycles. The number of hydrogen-bond acceptors (Lipinski definition) is 6. The normalized spacial score (nSPS) is 14.8. The maximum atomic E-state index is 13.3. The van der Waals surface area contributed by atoms with Crippen LogP contribution in [0.1, 0.15) is 6.92 Å². The number of halogens is 1. The van der Waals surface area contributed by atoms with Crippen molar-refractivity contribution in [3.05, 3.63) is 34.1 Å². The molecular weight excluding hydrogens is 295 g/mol. The third kappa shape index (κ3) is 3.93. The molecule has 1 atom stereocenters. The second-order valence-corrected chi connectivity index (χ2v) is 6.12. The van der Waals surface area contributed by atoms with E-state index in [1.165, 1.54) is 6.92 Å². The lowest BCUT2D eigenvalue weighted by atomic mass is 10.1. The molecule has 112 valence electrons. The van der Waals surface area contributed by atoms with Crippen LogP contribution in [0.3, 0.4) is 0 Å². The summed E-state index contributed by atoms with van der Waals surface area (Å²) >= 11 is 0. The zero-order valence-corrected chi connectivity index (χ0v) is 11.2. The van der Waals surface area contributed by atoms with Crippen molar-refractivity contribution >= 4 is 15.7 Å². The van der Waals surface area contributed by atoms with Gasteiger partial charge in [-0.3, -0.25) is 10.1 Å². The van der Waals surface area contributed by atoms with Crippen LogP contribution in [0.25, 0.3) is 0 Å². The van der Waals surface area contributed by atoms with E-state index in [0.29, 0.717) is 6.07 Å². The molecule has 1 rings (SSSR count). The fourth-order valence-corrected chi connectivity index (χ4v) is 2.37. The molecule has 1 aromatic rings. The maximum Gasteiger partial charge on any atom is 0.304 e. The van der Waals surface area contributed by atoms with Crippen molar-refractivity contribution in [1.82, 2.24) is 4.72 Å². The Morgan fingerprint density at radius 1 is 1.50 bits per heavy atom. The first-order valence-electron chi connectivity index (χ1n) is 5.36. The highest BCUT2D eigenvalue weighted by Gasteiger charge is 2.25. The minimum absolute atomic E-state index is 0.496. The molecule has 0 saturated carbocycles. The third-order valence-electron chi connectivity index (χ3n) is 2.41. The van der Waals surface area contributed by atoms with Crippen molar-refractivity contribution in [3.63, 3.8) is 0 Å². The number of hydrogen-bond donors (Lipinski definition) is 3. The van der Waals surface area contributed by atoms with Gasteiger partial charge in [0.25, 0.3) is 0 Å². The second-order valence-electron chi connectivity index (χ2n) is 4.35. The molecule has 0 amide bonds. The van der Waals surface area contributed by atoms with Crippen molar-refractivity contribution in [2.75, 3.05) is 13.2 Å². The van der Waals surface area contributed by atoms with Crippen LogP contribution in [0, 0.1) is 15.9 Å². The van der Waals surface area contributed by atoms with Crippen LogP contribution in [0.15, 0.2) is 23.1 Å². The molecule has 0 radical (unpaired) electrons. The molecule has 20 heavy (non-hydrogen) atoms. The third-order valence-corrected chi connectivity index (χ3v) is 3.81. The first-order chi connectivity index (χ1) is 9.09. The Bertz CT molecular complexity index is 616. The number of sulfonamides is 1. The number of aliphatic hydroxyl groups is 2. The average Bonchev–Trinajstić information content (AvgIpc) is 2.36. The monoisotopic (exact) mass is 308 g/mol. The van der Waals surface area contributed by atoms with Gasteiger partial charge >= 0.3 is 5.69 Å². The molecule has 0 aromatic heterocycles. The lowest BCUT2D eigenvalue weighted by Gasteiger charge is -2.20. The van der Waals surface area contributed by atoms with Gasteiger partial charge in [0.05, 0.1) is 22.0 Å². The number of nitrogens with one attached hydrogen (secondary N) is 1. The van der Waals surface area contributed by atoms with Gasteiger partial charge in [-0.1, -0.05) is 0 Å². The number of nitrogens with zero attached hydrogens (tertiary/aromatic N) is 1. The predicted molar refractivity (Wildman–Crippen MR) is 66.0 cm³/mol. The van der Waals surface area contributed by atoms with E-state index < -0.39 is 50.1 Å². The van der Waals surface area contributed by atoms with Crippen LogP contribution in [0.5, 0.6) is 0 Å². The van der Waals surface area contributed by atoms with Crippen molar-refractivity contribution in [3.8, 4) is 0 Å². The molecule has 0 fully saturated rings. The lowest BCUT2D eigenvalue weighted by Crippen LogP contribution is -2.43. The molecule has 0 bridgehead atoms. The van der Waals surface area contributed by atoms with Crippen molar-refractivity contribution in [2.45, 2.75) is 17.4 Å². The fourth-order valence-electron chi connectivity index (χ4n) is 1.19. The number of nitro benzene ring substituents is 1.